The molecule has 0 radical (unpaired) electrons. The van der Waals surface area contributed by atoms with Crippen LogP contribution in [0, 0.1) is 5.92 Å². The van der Waals surface area contributed by atoms with Crippen molar-refractivity contribution in [1.29, 1.82) is 0 Å². The molecule has 1 aliphatic carbocycles. The first-order chi connectivity index (χ1) is 8.06. The number of esters is 1. The monoisotopic (exact) mass is 301 g/mol. The van der Waals surface area contributed by atoms with E-state index in [1.807, 2.05) is 0 Å². The Labute approximate surface area is 109 Å². The number of methoxy groups -OCH3 is 1. The molecule has 1 aliphatic rings. The third-order valence-electron chi connectivity index (χ3n) is 3.10. The summed E-state index contributed by atoms with van der Waals surface area (Å²) in [5.74, 6) is 0.911. The number of nitrogens with one attached hydrogen (secondary N) is 1. The van der Waals surface area contributed by atoms with Gasteiger partial charge in [-0.15, -0.1) is 0 Å². The second-order valence-corrected chi connectivity index (χ2v) is 5.33. The summed E-state index contributed by atoms with van der Waals surface area (Å²) in [6.07, 6.45) is 2.46. The standard InChI is InChI=1S/C12H16BrNO3/c1-12(11(15)16-2,14-7-8-3-4-8)9-5-6-10(13)17-9/h5-6,8,14H,3-4,7H2,1-2H3. The van der Waals surface area contributed by atoms with E-state index in [1.165, 1.54) is 20.0 Å². The van der Waals surface area contributed by atoms with Gasteiger partial charge in [-0.05, 0) is 60.3 Å². The maximum Gasteiger partial charge on any atom is 0.333 e. The number of furan rings is 1. The second kappa shape index (κ2) is 4.82. The molecule has 0 aromatic carbocycles. The zero-order valence-electron chi connectivity index (χ0n) is 9.96. The highest BCUT2D eigenvalue weighted by atomic mass is 79.9. The normalized spacial score (nSPS) is 18.8. The first kappa shape index (κ1) is 12.6. The van der Waals surface area contributed by atoms with E-state index in [4.69, 9.17) is 9.15 Å². The Kier molecular flexibility index (Phi) is 3.58. The third-order valence-corrected chi connectivity index (χ3v) is 3.53. The summed E-state index contributed by atoms with van der Waals surface area (Å²) >= 11 is 3.24. The molecule has 0 amide bonds. The van der Waals surface area contributed by atoms with E-state index in [1.54, 1.807) is 19.1 Å². The average molecular weight is 302 g/mol. The fourth-order valence-corrected chi connectivity index (χ4v) is 2.02. The third kappa shape index (κ3) is 2.72. The van der Waals surface area contributed by atoms with Crippen molar-refractivity contribution in [1.82, 2.24) is 5.32 Å². The fraction of sp³-hybridized carbons (Fsp3) is 0.583. The van der Waals surface area contributed by atoms with E-state index in [0.717, 1.165) is 6.54 Å². The summed E-state index contributed by atoms with van der Waals surface area (Å²) in [5.41, 5.74) is -0.913. The molecule has 1 heterocycles. The fourth-order valence-electron chi connectivity index (χ4n) is 1.72. The Bertz CT molecular complexity index is 414. The van der Waals surface area contributed by atoms with Crippen molar-refractivity contribution in [2.24, 2.45) is 5.92 Å². The molecule has 1 atom stereocenters. The van der Waals surface area contributed by atoms with Crippen LogP contribution in [0.2, 0.25) is 0 Å². The van der Waals surface area contributed by atoms with Crippen LogP contribution in [0.25, 0.3) is 0 Å². The molecule has 2 rings (SSSR count). The summed E-state index contributed by atoms with van der Waals surface area (Å²) in [5, 5.41) is 3.25. The number of rotatable bonds is 5. The van der Waals surface area contributed by atoms with Crippen LogP contribution in [0.3, 0.4) is 0 Å². The Morgan fingerprint density at radius 2 is 2.35 bits per heavy atom. The molecular formula is C12H16BrNO3. The van der Waals surface area contributed by atoms with Gasteiger partial charge in [-0.25, -0.2) is 4.79 Å². The first-order valence-electron chi connectivity index (χ1n) is 5.65. The van der Waals surface area contributed by atoms with Crippen LogP contribution in [0.4, 0.5) is 0 Å². The minimum Gasteiger partial charge on any atom is -0.467 e. The lowest BCUT2D eigenvalue weighted by Gasteiger charge is -2.25. The molecule has 1 aromatic heterocycles. The number of hydrogen-bond donors (Lipinski definition) is 1. The number of hydrogen-bond acceptors (Lipinski definition) is 4. The molecule has 1 unspecified atom stereocenters. The topological polar surface area (TPSA) is 51.5 Å². The molecule has 17 heavy (non-hydrogen) atoms. The van der Waals surface area contributed by atoms with E-state index >= 15 is 0 Å². The van der Waals surface area contributed by atoms with Crippen LogP contribution in [-0.2, 0) is 15.1 Å². The van der Waals surface area contributed by atoms with Gasteiger partial charge >= 0.3 is 5.97 Å². The lowest BCUT2D eigenvalue weighted by molar-refractivity contribution is -0.149. The molecule has 0 saturated heterocycles. The predicted octanol–water partition coefficient (Wildman–Crippen LogP) is 2.43. The van der Waals surface area contributed by atoms with Gasteiger partial charge in [-0.1, -0.05) is 0 Å². The molecule has 1 saturated carbocycles. The van der Waals surface area contributed by atoms with E-state index in [0.29, 0.717) is 16.3 Å². The molecule has 0 aliphatic heterocycles. The highest BCUT2D eigenvalue weighted by Crippen LogP contribution is 2.31. The number of halogens is 1. The van der Waals surface area contributed by atoms with Gasteiger partial charge in [0.2, 0.25) is 0 Å². The lowest BCUT2D eigenvalue weighted by Crippen LogP contribution is -2.48. The van der Waals surface area contributed by atoms with Crippen LogP contribution in [-0.4, -0.2) is 19.6 Å². The van der Waals surface area contributed by atoms with Crippen molar-refractivity contribution in [3.8, 4) is 0 Å². The minimum atomic E-state index is -0.913. The Hall–Kier alpha value is -0.810. The van der Waals surface area contributed by atoms with Crippen molar-refractivity contribution < 1.29 is 13.9 Å². The largest absolute Gasteiger partial charge is 0.467 e. The van der Waals surface area contributed by atoms with E-state index < -0.39 is 5.54 Å². The highest BCUT2D eigenvalue weighted by Gasteiger charge is 2.40. The van der Waals surface area contributed by atoms with Crippen molar-refractivity contribution in [2.75, 3.05) is 13.7 Å². The van der Waals surface area contributed by atoms with Crippen molar-refractivity contribution in [2.45, 2.75) is 25.3 Å². The summed E-state index contributed by atoms with van der Waals surface area (Å²) in [4.78, 5) is 11.9. The van der Waals surface area contributed by atoms with Gasteiger partial charge in [0, 0.05) is 0 Å². The molecule has 4 nitrogen and oxygen atoms in total. The second-order valence-electron chi connectivity index (χ2n) is 4.54. The van der Waals surface area contributed by atoms with Crippen LogP contribution in [0.5, 0.6) is 0 Å². The van der Waals surface area contributed by atoms with Crippen molar-refractivity contribution in [3.05, 3.63) is 22.6 Å². The summed E-state index contributed by atoms with van der Waals surface area (Å²) in [7, 11) is 1.39. The van der Waals surface area contributed by atoms with E-state index in [2.05, 4.69) is 21.2 Å². The predicted molar refractivity (Wildman–Crippen MR) is 66.5 cm³/mol. The zero-order chi connectivity index (χ0) is 12.5. The Balaban J connectivity index is 2.18. The molecular weight excluding hydrogens is 286 g/mol. The maximum atomic E-state index is 11.9. The van der Waals surface area contributed by atoms with Crippen LogP contribution >= 0.6 is 15.9 Å². The molecule has 0 bridgehead atoms. The molecule has 1 fully saturated rings. The van der Waals surface area contributed by atoms with Crippen molar-refractivity contribution >= 4 is 21.9 Å². The van der Waals surface area contributed by atoms with Crippen LogP contribution in [0.15, 0.2) is 21.2 Å². The SMILES string of the molecule is COC(=O)C(C)(NCC1CC1)c1ccc(Br)o1. The summed E-state index contributed by atoms with van der Waals surface area (Å²) < 4.78 is 10.9. The highest BCUT2D eigenvalue weighted by molar-refractivity contribution is 9.10. The molecule has 1 N–H and O–H groups in total. The van der Waals surface area contributed by atoms with Gasteiger partial charge in [-0.3, -0.25) is 5.32 Å². The number of carbonyl (C=O) groups excluding carboxylic acids is 1. The van der Waals surface area contributed by atoms with Crippen LogP contribution in [0.1, 0.15) is 25.5 Å². The average Bonchev–Trinajstić information content (AvgIpc) is 3.06. The van der Waals surface area contributed by atoms with Gasteiger partial charge in [0.05, 0.1) is 7.11 Å². The Morgan fingerprint density at radius 3 is 2.82 bits per heavy atom. The molecule has 1 aromatic rings. The summed E-state index contributed by atoms with van der Waals surface area (Å²) in [6, 6.07) is 3.55. The van der Waals surface area contributed by atoms with E-state index in [9.17, 15) is 4.79 Å². The van der Waals surface area contributed by atoms with Gasteiger partial charge in [0.15, 0.2) is 10.2 Å². The number of carbonyl (C=O) groups is 1. The van der Waals surface area contributed by atoms with Gasteiger partial charge in [0.25, 0.3) is 0 Å². The smallest absolute Gasteiger partial charge is 0.333 e. The maximum absolute atomic E-state index is 11.9. The van der Waals surface area contributed by atoms with Gasteiger partial charge < -0.3 is 9.15 Å². The lowest BCUT2D eigenvalue weighted by atomic mass is 9.99. The minimum absolute atomic E-state index is 0.333. The zero-order valence-corrected chi connectivity index (χ0v) is 11.5. The Morgan fingerprint density at radius 1 is 1.65 bits per heavy atom. The summed E-state index contributed by atoms with van der Waals surface area (Å²) in [6.45, 7) is 2.59. The quantitative estimate of drug-likeness (QED) is 0.849. The van der Waals surface area contributed by atoms with Gasteiger partial charge in [-0.2, -0.15) is 0 Å². The number of ether oxygens (including phenoxy) is 1. The first-order valence-corrected chi connectivity index (χ1v) is 6.45. The van der Waals surface area contributed by atoms with Crippen LogP contribution < -0.4 is 5.32 Å². The molecule has 0 spiro atoms. The van der Waals surface area contributed by atoms with E-state index in [-0.39, 0.29) is 5.97 Å². The molecule has 5 heteroatoms. The van der Waals surface area contributed by atoms with Crippen molar-refractivity contribution in [3.63, 3.8) is 0 Å². The molecule has 94 valence electrons. The van der Waals surface area contributed by atoms with Gasteiger partial charge in [0.1, 0.15) is 5.76 Å².